The monoisotopic (exact) mass is 106 g/mol. The summed E-state index contributed by atoms with van der Waals surface area (Å²) < 4.78 is 3.69. The van der Waals surface area contributed by atoms with E-state index in [9.17, 15) is 4.79 Å². The summed E-state index contributed by atoms with van der Waals surface area (Å²) in [7, 11) is 1.69. The molecule has 6 heavy (non-hydrogen) atoms. The molecule has 1 unspecified atom stereocenters. The normalized spacial score (nSPS) is 6.83. The van der Waals surface area contributed by atoms with Gasteiger partial charge in [-0.25, -0.2) is 4.79 Å². The third-order valence-corrected chi connectivity index (χ3v) is 0.300. The molecule has 0 rings (SSSR count). The van der Waals surface area contributed by atoms with Crippen LogP contribution in [0.25, 0.3) is 0 Å². The van der Waals surface area contributed by atoms with Gasteiger partial charge < -0.3 is 4.74 Å². The third-order valence-electron chi connectivity index (χ3n) is 0.164. The van der Waals surface area contributed by atoms with Crippen molar-refractivity contribution in [3.8, 4) is 0 Å². The van der Waals surface area contributed by atoms with Crippen LogP contribution in [0, 0.1) is 0 Å². The van der Waals surface area contributed by atoms with E-state index in [0.29, 0.717) is 0 Å². The van der Waals surface area contributed by atoms with Crippen LogP contribution in [0.3, 0.4) is 0 Å². The van der Waals surface area contributed by atoms with Gasteiger partial charge in [-0.2, -0.15) is 0 Å². The number of carbonyl (C=O) groups excluding carboxylic acids is 2. The Bertz CT molecular complexity index is 69.2. The molecule has 0 amide bonds. The fourth-order valence-electron chi connectivity index (χ4n) is 0.0474. The van der Waals surface area contributed by atoms with Gasteiger partial charge in [0, 0.05) is 0 Å². The van der Waals surface area contributed by atoms with E-state index < -0.39 is 5.71 Å². The van der Waals surface area contributed by atoms with E-state index in [1.165, 1.54) is 0 Å². The van der Waals surface area contributed by atoms with Gasteiger partial charge in [0.05, 0.1) is 0 Å². The zero-order valence-corrected chi connectivity index (χ0v) is 4.03. The highest BCUT2D eigenvalue weighted by Crippen LogP contribution is 1.84. The molecule has 0 aromatic carbocycles. The van der Waals surface area contributed by atoms with E-state index in [4.69, 9.17) is 4.79 Å². The van der Waals surface area contributed by atoms with Gasteiger partial charge in [0.15, 0.2) is 0 Å². The van der Waals surface area contributed by atoms with Gasteiger partial charge in [-0.05, 0) is 9.24 Å². The van der Waals surface area contributed by atoms with Crippen LogP contribution in [0.15, 0.2) is 0 Å². The van der Waals surface area contributed by atoms with Gasteiger partial charge in [-0.3, -0.25) is 4.79 Å². The topological polar surface area (TPSA) is 43.4 Å². The van der Waals surface area contributed by atoms with E-state index in [-0.39, 0.29) is 6.47 Å². The second-order valence-electron chi connectivity index (χ2n) is 0.533. The Morgan fingerprint density at radius 1 is 1.83 bits per heavy atom. The van der Waals surface area contributed by atoms with Crippen molar-refractivity contribution in [2.75, 3.05) is 0 Å². The first-order chi connectivity index (χ1) is 2.77. The number of rotatable bonds is 1. The Kier molecular flexibility index (Phi) is 2.59. The van der Waals surface area contributed by atoms with Crippen molar-refractivity contribution in [2.45, 2.75) is 0 Å². The van der Waals surface area contributed by atoms with Crippen LogP contribution in [-0.4, -0.2) is 12.2 Å². The number of ether oxygens (including phenoxy) is 1. The molecule has 1 atom stereocenters. The first-order valence-electron chi connectivity index (χ1n) is 1.17. The first kappa shape index (κ1) is 5.57. The summed E-state index contributed by atoms with van der Waals surface area (Å²) in [5, 5.41) is 0. The van der Waals surface area contributed by atoms with E-state index in [2.05, 4.69) is 4.74 Å². The minimum absolute atomic E-state index is 0.0787. The zero-order valence-electron chi connectivity index (χ0n) is 2.88. The van der Waals surface area contributed by atoms with Crippen molar-refractivity contribution in [1.82, 2.24) is 0 Å². The van der Waals surface area contributed by atoms with Gasteiger partial charge in [-0.1, -0.05) is 0 Å². The molecule has 0 N–H and O–H groups in total. The quantitative estimate of drug-likeness (QED) is 0.271. The van der Waals surface area contributed by atoms with Crippen LogP contribution >= 0.6 is 9.24 Å². The standard InChI is InChI=1S/C2H3O3P/c3-1-5-2(4)6/h1H,6H2. The van der Waals surface area contributed by atoms with E-state index in [1.807, 2.05) is 0 Å². The lowest BCUT2D eigenvalue weighted by Crippen LogP contribution is -1.85. The molecule has 0 aromatic heterocycles. The van der Waals surface area contributed by atoms with Crippen LogP contribution in [0.5, 0.6) is 0 Å². The minimum atomic E-state index is -0.662. The summed E-state index contributed by atoms with van der Waals surface area (Å²) in [6, 6.07) is 0. The van der Waals surface area contributed by atoms with Crippen molar-refractivity contribution >= 4 is 21.4 Å². The summed E-state index contributed by atoms with van der Waals surface area (Å²) >= 11 is 0. The van der Waals surface area contributed by atoms with Crippen molar-refractivity contribution in [3.63, 3.8) is 0 Å². The molecule has 0 aliphatic heterocycles. The largest absolute Gasteiger partial charge is 0.393 e. The summed E-state index contributed by atoms with van der Waals surface area (Å²) in [5.74, 6) is 0. The van der Waals surface area contributed by atoms with Crippen LogP contribution in [0.1, 0.15) is 0 Å². The molecular formula is C2H3O3P. The molecule has 3 nitrogen and oxygen atoms in total. The molecule has 0 aliphatic rings. The lowest BCUT2D eigenvalue weighted by molar-refractivity contribution is -0.122. The smallest absolute Gasteiger partial charge is 0.327 e. The third kappa shape index (κ3) is 3.57. The molecule has 0 heterocycles. The SMILES string of the molecule is O=COC(=O)P. The summed E-state index contributed by atoms with van der Waals surface area (Å²) in [6.45, 7) is 0.0787. The van der Waals surface area contributed by atoms with Gasteiger partial charge in [0.25, 0.3) is 0 Å². The van der Waals surface area contributed by atoms with Crippen LogP contribution in [0.4, 0.5) is 4.79 Å². The van der Waals surface area contributed by atoms with Gasteiger partial charge in [-0.15, -0.1) is 0 Å². The van der Waals surface area contributed by atoms with Crippen molar-refractivity contribution in [1.29, 1.82) is 0 Å². The Morgan fingerprint density at radius 3 is 2.33 bits per heavy atom. The van der Waals surface area contributed by atoms with Crippen LogP contribution in [0.2, 0.25) is 0 Å². The van der Waals surface area contributed by atoms with Crippen LogP contribution in [-0.2, 0) is 9.53 Å². The second-order valence-corrected chi connectivity index (χ2v) is 1.00. The Balaban J connectivity index is 3.05. The first-order valence-corrected chi connectivity index (χ1v) is 1.75. The van der Waals surface area contributed by atoms with Gasteiger partial charge >= 0.3 is 12.2 Å². The predicted octanol–water partition coefficient (Wildman–Crippen LogP) is 0.154. The molecule has 0 saturated carbocycles. The molecule has 0 aromatic rings. The molecule has 0 saturated heterocycles. The molecule has 4 heteroatoms. The Morgan fingerprint density at radius 2 is 2.33 bits per heavy atom. The van der Waals surface area contributed by atoms with E-state index in [0.717, 1.165) is 0 Å². The lowest BCUT2D eigenvalue weighted by atomic mass is 11.4. The highest BCUT2D eigenvalue weighted by atomic mass is 31.0. The fraction of sp³-hybridized carbons (Fsp3) is 0. The Hall–Kier alpha value is -0.430. The lowest BCUT2D eigenvalue weighted by Gasteiger charge is -1.78. The molecule has 0 fully saturated rings. The molecule has 0 bridgehead atoms. The highest BCUT2D eigenvalue weighted by Gasteiger charge is 1.82. The molecule has 34 valence electrons. The van der Waals surface area contributed by atoms with Crippen molar-refractivity contribution < 1.29 is 14.3 Å². The fourth-order valence-corrected chi connectivity index (χ4v) is 0.103. The maximum absolute atomic E-state index is 9.55. The van der Waals surface area contributed by atoms with E-state index >= 15 is 0 Å². The van der Waals surface area contributed by atoms with Crippen molar-refractivity contribution in [3.05, 3.63) is 0 Å². The molecule has 0 spiro atoms. The molecule has 0 radical (unpaired) electrons. The number of hydrogen-bond acceptors (Lipinski definition) is 3. The zero-order chi connectivity index (χ0) is 4.99. The predicted molar refractivity (Wildman–Crippen MR) is 22.3 cm³/mol. The van der Waals surface area contributed by atoms with Crippen LogP contribution < -0.4 is 0 Å². The average molecular weight is 106 g/mol. The molecular weight excluding hydrogens is 103 g/mol. The number of hydrogen-bond donors (Lipinski definition) is 0. The highest BCUT2D eigenvalue weighted by molar-refractivity contribution is 7.39. The summed E-state index contributed by atoms with van der Waals surface area (Å²) in [4.78, 5) is 18.7. The maximum Gasteiger partial charge on any atom is 0.327 e. The minimum Gasteiger partial charge on any atom is -0.393 e. The van der Waals surface area contributed by atoms with Crippen molar-refractivity contribution in [2.24, 2.45) is 0 Å². The summed E-state index contributed by atoms with van der Waals surface area (Å²) in [5.41, 5.74) is -0.662. The molecule has 0 aliphatic carbocycles. The maximum atomic E-state index is 9.55. The Labute approximate surface area is 36.9 Å². The summed E-state index contributed by atoms with van der Waals surface area (Å²) in [6.07, 6.45) is 0. The van der Waals surface area contributed by atoms with E-state index in [1.54, 1.807) is 9.24 Å². The number of carbonyl (C=O) groups is 2. The van der Waals surface area contributed by atoms with Gasteiger partial charge in [0.2, 0.25) is 0 Å². The van der Waals surface area contributed by atoms with Gasteiger partial charge in [0.1, 0.15) is 0 Å². The average Bonchev–Trinajstić information content (AvgIpc) is 1.35. The second kappa shape index (κ2) is 2.79.